The normalized spacial score (nSPS) is 14.4. The van der Waals surface area contributed by atoms with Gasteiger partial charge in [0.15, 0.2) is 11.0 Å². The maximum Gasteiger partial charge on any atom is 0.302 e. The number of para-hydroxylation sites is 2. The van der Waals surface area contributed by atoms with Gasteiger partial charge in [-0.3, -0.25) is 5.01 Å². The number of imidazole rings is 1. The second kappa shape index (κ2) is 7.48. The molecule has 0 aliphatic carbocycles. The van der Waals surface area contributed by atoms with Gasteiger partial charge in [0.2, 0.25) is 0 Å². The van der Waals surface area contributed by atoms with E-state index in [1.807, 2.05) is 18.3 Å². The quantitative estimate of drug-likeness (QED) is 0.292. The molecule has 0 bridgehead atoms. The summed E-state index contributed by atoms with van der Waals surface area (Å²) in [5.74, 6) is 1.06. The van der Waals surface area contributed by atoms with Crippen molar-refractivity contribution >= 4 is 39.4 Å². The number of hydrogen-bond acceptors (Lipinski definition) is 3. The molecule has 0 amide bonds. The summed E-state index contributed by atoms with van der Waals surface area (Å²) in [4.78, 5) is 2.50. The summed E-state index contributed by atoms with van der Waals surface area (Å²) < 4.78 is 4.36. The Bertz CT molecular complexity index is 1210. The molecule has 1 aromatic heterocycles. The molecular weight excluding hydrogens is 370 g/mol. The molecule has 1 fully saturated rings. The highest BCUT2D eigenvalue weighted by Gasteiger charge is 2.19. The van der Waals surface area contributed by atoms with Gasteiger partial charge in [0, 0.05) is 36.6 Å². The van der Waals surface area contributed by atoms with Gasteiger partial charge in [0.1, 0.15) is 6.21 Å². The lowest BCUT2D eigenvalue weighted by molar-refractivity contribution is -0.646. The lowest BCUT2D eigenvalue weighted by Gasteiger charge is -2.23. The largest absolute Gasteiger partial charge is 0.371 e. The SMILES string of the molecule is CN(/N=C/c1n(C)c2ccccc2[n+]1C)c1ccc(N2CCCC2)c2ccccc12. The van der Waals surface area contributed by atoms with Gasteiger partial charge < -0.3 is 4.90 Å². The monoisotopic (exact) mass is 398 g/mol. The summed E-state index contributed by atoms with van der Waals surface area (Å²) in [6.45, 7) is 2.30. The number of hydrogen-bond donors (Lipinski definition) is 0. The van der Waals surface area contributed by atoms with Crippen LogP contribution in [0.2, 0.25) is 0 Å². The van der Waals surface area contributed by atoms with Crippen molar-refractivity contribution < 1.29 is 4.57 Å². The average molecular weight is 399 g/mol. The van der Waals surface area contributed by atoms with E-state index >= 15 is 0 Å². The van der Waals surface area contributed by atoms with Crippen molar-refractivity contribution in [3.63, 3.8) is 0 Å². The van der Waals surface area contributed by atoms with Gasteiger partial charge in [-0.25, -0.2) is 9.13 Å². The molecule has 0 spiro atoms. The van der Waals surface area contributed by atoms with Crippen LogP contribution < -0.4 is 14.5 Å². The number of aryl methyl sites for hydroxylation is 2. The summed E-state index contributed by atoms with van der Waals surface area (Å²) in [6.07, 6.45) is 4.51. The molecule has 4 aromatic rings. The van der Waals surface area contributed by atoms with Crippen LogP contribution in [0.3, 0.4) is 0 Å². The van der Waals surface area contributed by atoms with E-state index in [9.17, 15) is 0 Å². The van der Waals surface area contributed by atoms with Crippen LogP contribution in [0, 0.1) is 0 Å². The zero-order valence-electron chi connectivity index (χ0n) is 17.9. The predicted molar refractivity (Wildman–Crippen MR) is 125 cm³/mol. The Kier molecular flexibility index (Phi) is 4.66. The van der Waals surface area contributed by atoms with Gasteiger partial charge in [0.05, 0.1) is 19.8 Å². The van der Waals surface area contributed by atoms with Crippen molar-refractivity contribution in [1.82, 2.24) is 4.57 Å². The lowest BCUT2D eigenvalue weighted by Crippen LogP contribution is -2.33. The Balaban J connectivity index is 1.53. The van der Waals surface area contributed by atoms with Crippen molar-refractivity contribution in [1.29, 1.82) is 0 Å². The van der Waals surface area contributed by atoms with E-state index in [1.54, 1.807) is 0 Å². The fourth-order valence-electron chi connectivity index (χ4n) is 4.66. The second-order valence-corrected chi connectivity index (χ2v) is 8.08. The number of rotatable bonds is 4. The Morgan fingerprint density at radius 2 is 1.63 bits per heavy atom. The maximum atomic E-state index is 4.81. The van der Waals surface area contributed by atoms with E-state index < -0.39 is 0 Å². The van der Waals surface area contributed by atoms with Gasteiger partial charge in [-0.15, -0.1) is 0 Å². The smallest absolute Gasteiger partial charge is 0.302 e. The third kappa shape index (κ3) is 3.02. The number of fused-ring (bicyclic) bond motifs is 2. The van der Waals surface area contributed by atoms with Gasteiger partial charge in [0.25, 0.3) is 0 Å². The number of benzene rings is 3. The van der Waals surface area contributed by atoms with Gasteiger partial charge in [-0.05, 0) is 37.1 Å². The molecule has 1 saturated heterocycles. The van der Waals surface area contributed by atoms with Crippen molar-refractivity contribution in [2.75, 3.05) is 30.0 Å². The highest BCUT2D eigenvalue weighted by molar-refractivity contribution is 6.02. The highest BCUT2D eigenvalue weighted by atomic mass is 15.4. The molecule has 2 heterocycles. The first-order valence-corrected chi connectivity index (χ1v) is 10.6. The summed E-state index contributed by atoms with van der Waals surface area (Å²) in [5.41, 5.74) is 4.85. The lowest BCUT2D eigenvalue weighted by atomic mass is 10.1. The molecule has 5 nitrogen and oxygen atoms in total. The van der Waals surface area contributed by atoms with E-state index in [4.69, 9.17) is 5.10 Å². The minimum atomic E-state index is 1.06. The van der Waals surface area contributed by atoms with Gasteiger partial charge in [-0.2, -0.15) is 5.10 Å². The Labute approximate surface area is 177 Å². The predicted octanol–water partition coefficient (Wildman–Crippen LogP) is 4.23. The minimum absolute atomic E-state index is 1.06. The minimum Gasteiger partial charge on any atom is -0.371 e. The van der Waals surface area contributed by atoms with E-state index in [0.717, 1.165) is 24.6 Å². The molecule has 0 atom stereocenters. The molecule has 0 radical (unpaired) electrons. The van der Waals surface area contributed by atoms with E-state index in [2.05, 4.69) is 88.8 Å². The Hall–Kier alpha value is -3.34. The van der Waals surface area contributed by atoms with E-state index in [-0.39, 0.29) is 0 Å². The van der Waals surface area contributed by atoms with Gasteiger partial charge in [-0.1, -0.05) is 36.4 Å². The molecule has 1 aliphatic rings. The van der Waals surface area contributed by atoms with Crippen LogP contribution in [-0.2, 0) is 14.1 Å². The number of nitrogens with zero attached hydrogens (tertiary/aromatic N) is 5. The van der Waals surface area contributed by atoms with Crippen LogP contribution in [0.1, 0.15) is 18.7 Å². The number of anilines is 2. The van der Waals surface area contributed by atoms with Crippen molar-refractivity contribution in [3.8, 4) is 0 Å². The van der Waals surface area contributed by atoms with Crippen LogP contribution in [0.15, 0.2) is 65.8 Å². The maximum absolute atomic E-state index is 4.81. The first-order chi connectivity index (χ1) is 14.6. The zero-order valence-corrected chi connectivity index (χ0v) is 17.9. The molecule has 5 heteroatoms. The number of aromatic nitrogens is 2. The van der Waals surface area contributed by atoms with E-state index in [0.29, 0.717) is 0 Å². The first kappa shape index (κ1) is 18.7. The Morgan fingerprint density at radius 3 is 2.40 bits per heavy atom. The molecule has 1 aliphatic heterocycles. The van der Waals surface area contributed by atoms with Crippen LogP contribution in [0.5, 0.6) is 0 Å². The molecular formula is C25H28N5+. The standard InChI is InChI=1S/C25H28N5/c1-27-23-12-6-7-13-24(23)28(2)25(27)18-26-29(3)21-14-15-22(30-16-8-9-17-30)20-11-5-4-10-19(20)21/h4-7,10-15,18H,8-9,16-17H2,1-3H3/q+1. The Morgan fingerprint density at radius 1 is 0.933 bits per heavy atom. The molecule has 0 N–H and O–H groups in total. The molecule has 0 unspecified atom stereocenters. The zero-order chi connectivity index (χ0) is 20.7. The number of hydrazone groups is 1. The molecule has 5 rings (SSSR count). The van der Waals surface area contributed by atoms with Crippen molar-refractivity contribution in [2.24, 2.45) is 19.2 Å². The fourth-order valence-corrected chi connectivity index (χ4v) is 4.66. The third-order valence-electron chi connectivity index (χ3n) is 6.31. The van der Waals surface area contributed by atoms with Crippen molar-refractivity contribution in [3.05, 3.63) is 66.5 Å². The topological polar surface area (TPSA) is 27.6 Å². The fraction of sp³-hybridized carbons (Fsp3) is 0.280. The molecule has 152 valence electrons. The second-order valence-electron chi connectivity index (χ2n) is 8.08. The molecule has 0 saturated carbocycles. The van der Waals surface area contributed by atoms with Crippen LogP contribution in [0.4, 0.5) is 11.4 Å². The summed E-state index contributed by atoms with van der Waals surface area (Å²) in [6, 6.07) is 21.6. The van der Waals surface area contributed by atoms with E-state index in [1.165, 1.54) is 40.3 Å². The third-order valence-corrected chi connectivity index (χ3v) is 6.31. The highest BCUT2D eigenvalue weighted by Crippen LogP contribution is 2.35. The summed E-state index contributed by atoms with van der Waals surface area (Å²) >= 11 is 0. The molecule has 30 heavy (non-hydrogen) atoms. The van der Waals surface area contributed by atoms with Crippen LogP contribution in [0.25, 0.3) is 21.8 Å². The molecule has 3 aromatic carbocycles. The first-order valence-electron chi connectivity index (χ1n) is 10.6. The average Bonchev–Trinajstić information content (AvgIpc) is 3.39. The summed E-state index contributed by atoms with van der Waals surface area (Å²) in [5, 5.41) is 9.33. The summed E-state index contributed by atoms with van der Waals surface area (Å²) in [7, 11) is 6.20. The van der Waals surface area contributed by atoms with Crippen LogP contribution in [-0.4, -0.2) is 30.9 Å². The van der Waals surface area contributed by atoms with Crippen LogP contribution >= 0.6 is 0 Å². The van der Waals surface area contributed by atoms with Crippen molar-refractivity contribution in [2.45, 2.75) is 12.8 Å². The van der Waals surface area contributed by atoms with Gasteiger partial charge >= 0.3 is 5.82 Å².